The standard InChI is InChI=1S/C10H11ClFN/c11-10-8(2-1-3-9(10)12)4-7-5-13-6-7/h1-3,7,13H,4-6H2. The van der Waals surface area contributed by atoms with Crippen molar-refractivity contribution in [2.24, 2.45) is 5.92 Å². The Morgan fingerprint density at radius 3 is 2.85 bits per heavy atom. The fraction of sp³-hybridized carbons (Fsp3) is 0.400. The molecule has 1 saturated heterocycles. The first-order valence-electron chi connectivity index (χ1n) is 4.41. The summed E-state index contributed by atoms with van der Waals surface area (Å²) >= 11 is 5.82. The lowest BCUT2D eigenvalue weighted by Gasteiger charge is -2.27. The van der Waals surface area contributed by atoms with E-state index < -0.39 is 0 Å². The number of rotatable bonds is 2. The molecule has 1 aliphatic heterocycles. The van der Waals surface area contributed by atoms with Gasteiger partial charge >= 0.3 is 0 Å². The summed E-state index contributed by atoms with van der Waals surface area (Å²) in [6.07, 6.45) is 0.879. The molecule has 2 rings (SSSR count). The van der Waals surface area contributed by atoms with Crippen molar-refractivity contribution in [2.45, 2.75) is 6.42 Å². The van der Waals surface area contributed by atoms with Gasteiger partial charge in [0.2, 0.25) is 0 Å². The minimum absolute atomic E-state index is 0.286. The van der Waals surface area contributed by atoms with Gasteiger partial charge in [-0.05, 0) is 37.1 Å². The Labute approximate surface area is 81.9 Å². The normalized spacial score (nSPS) is 17.1. The van der Waals surface area contributed by atoms with E-state index in [1.807, 2.05) is 6.07 Å². The SMILES string of the molecule is Fc1cccc(CC2CNC2)c1Cl. The van der Waals surface area contributed by atoms with Crippen LogP contribution in [-0.4, -0.2) is 13.1 Å². The van der Waals surface area contributed by atoms with Crippen molar-refractivity contribution in [3.63, 3.8) is 0 Å². The second kappa shape index (κ2) is 3.64. The zero-order valence-electron chi connectivity index (χ0n) is 7.19. The molecule has 1 aromatic carbocycles. The van der Waals surface area contributed by atoms with Gasteiger partial charge < -0.3 is 5.32 Å². The van der Waals surface area contributed by atoms with Crippen molar-refractivity contribution in [1.82, 2.24) is 5.32 Å². The molecule has 70 valence electrons. The molecule has 3 heteroatoms. The van der Waals surface area contributed by atoms with E-state index in [-0.39, 0.29) is 10.8 Å². The van der Waals surface area contributed by atoms with Crippen molar-refractivity contribution in [3.05, 3.63) is 34.6 Å². The van der Waals surface area contributed by atoms with E-state index in [1.165, 1.54) is 6.07 Å². The summed E-state index contributed by atoms with van der Waals surface area (Å²) in [5, 5.41) is 3.47. The third-order valence-electron chi connectivity index (χ3n) is 2.41. The maximum absolute atomic E-state index is 13.0. The molecule has 1 nitrogen and oxygen atoms in total. The fourth-order valence-corrected chi connectivity index (χ4v) is 1.71. The molecule has 0 amide bonds. The predicted molar refractivity (Wildman–Crippen MR) is 51.5 cm³/mol. The van der Waals surface area contributed by atoms with Gasteiger partial charge in [0.1, 0.15) is 5.82 Å². The second-order valence-corrected chi connectivity index (χ2v) is 3.82. The van der Waals surface area contributed by atoms with E-state index in [9.17, 15) is 4.39 Å². The van der Waals surface area contributed by atoms with Crippen LogP contribution in [-0.2, 0) is 6.42 Å². The molecule has 1 heterocycles. The highest BCUT2D eigenvalue weighted by Gasteiger charge is 2.18. The average molecular weight is 200 g/mol. The summed E-state index contributed by atoms with van der Waals surface area (Å²) in [7, 11) is 0. The van der Waals surface area contributed by atoms with Crippen LogP contribution in [0.5, 0.6) is 0 Å². The third-order valence-corrected chi connectivity index (χ3v) is 2.83. The van der Waals surface area contributed by atoms with Crippen LogP contribution in [0.2, 0.25) is 5.02 Å². The van der Waals surface area contributed by atoms with Gasteiger partial charge in [-0.15, -0.1) is 0 Å². The van der Waals surface area contributed by atoms with E-state index in [1.54, 1.807) is 6.07 Å². The maximum atomic E-state index is 13.0. The molecule has 0 aliphatic carbocycles. The van der Waals surface area contributed by atoms with Gasteiger partial charge in [0.15, 0.2) is 0 Å². The first kappa shape index (κ1) is 8.97. The van der Waals surface area contributed by atoms with Gasteiger partial charge in [0, 0.05) is 0 Å². The second-order valence-electron chi connectivity index (χ2n) is 3.44. The van der Waals surface area contributed by atoms with Crippen molar-refractivity contribution < 1.29 is 4.39 Å². The molecule has 0 bridgehead atoms. The van der Waals surface area contributed by atoms with Crippen molar-refractivity contribution in [1.29, 1.82) is 0 Å². The Hall–Kier alpha value is -0.600. The number of hydrogen-bond acceptors (Lipinski definition) is 1. The van der Waals surface area contributed by atoms with E-state index in [2.05, 4.69) is 5.32 Å². The van der Waals surface area contributed by atoms with E-state index >= 15 is 0 Å². The molecule has 0 radical (unpaired) electrons. The maximum Gasteiger partial charge on any atom is 0.142 e. The summed E-state index contributed by atoms with van der Waals surface area (Å²) in [5.74, 6) is 0.311. The summed E-state index contributed by atoms with van der Waals surface area (Å²) in [6, 6.07) is 5.00. The van der Waals surface area contributed by atoms with Gasteiger partial charge in [-0.3, -0.25) is 0 Å². The highest BCUT2D eigenvalue weighted by molar-refractivity contribution is 6.31. The zero-order valence-corrected chi connectivity index (χ0v) is 7.94. The van der Waals surface area contributed by atoms with Gasteiger partial charge in [-0.1, -0.05) is 23.7 Å². The molecule has 1 N–H and O–H groups in total. The van der Waals surface area contributed by atoms with Crippen LogP contribution >= 0.6 is 11.6 Å². The molecule has 1 fully saturated rings. The minimum atomic E-state index is -0.313. The summed E-state index contributed by atoms with van der Waals surface area (Å²) in [6.45, 7) is 2.04. The summed E-state index contributed by atoms with van der Waals surface area (Å²) in [4.78, 5) is 0. The van der Waals surface area contributed by atoms with Crippen LogP contribution in [0.15, 0.2) is 18.2 Å². The molecule has 0 atom stereocenters. The Morgan fingerprint density at radius 2 is 2.23 bits per heavy atom. The Morgan fingerprint density at radius 1 is 1.46 bits per heavy atom. The third kappa shape index (κ3) is 1.84. The quantitative estimate of drug-likeness (QED) is 0.771. The van der Waals surface area contributed by atoms with Crippen LogP contribution in [0.4, 0.5) is 4.39 Å². The molecule has 0 unspecified atom stereocenters. The van der Waals surface area contributed by atoms with Crippen LogP contribution in [0, 0.1) is 11.7 Å². The first-order valence-corrected chi connectivity index (χ1v) is 4.79. The molecule has 1 aromatic rings. The smallest absolute Gasteiger partial charge is 0.142 e. The van der Waals surface area contributed by atoms with Gasteiger partial charge in [0.05, 0.1) is 5.02 Å². The molecule has 0 spiro atoms. The van der Waals surface area contributed by atoms with Crippen LogP contribution in [0.25, 0.3) is 0 Å². The minimum Gasteiger partial charge on any atom is -0.316 e. The molecular weight excluding hydrogens is 189 g/mol. The largest absolute Gasteiger partial charge is 0.316 e. The lowest BCUT2D eigenvalue weighted by atomic mass is 9.94. The van der Waals surface area contributed by atoms with E-state index in [0.29, 0.717) is 5.92 Å². The van der Waals surface area contributed by atoms with Gasteiger partial charge in [-0.2, -0.15) is 0 Å². The Kier molecular flexibility index (Phi) is 2.51. The number of hydrogen-bond donors (Lipinski definition) is 1. The van der Waals surface area contributed by atoms with Gasteiger partial charge in [0.25, 0.3) is 0 Å². The highest BCUT2D eigenvalue weighted by atomic mass is 35.5. The van der Waals surface area contributed by atoms with Crippen LogP contribution in [0.3, 0.4) is 0 Å². The lowest BCUT2D eigenvalue weighted by Crippen LogP contribution is -2.43. The summed E-state index contributed by atoms with van der Waals surface area (Å²) in [5.41, 5.74) is 0.924. The number of nitrogens with one attached hydrogen (secondary N) is 1. The first-order chi connectivity index (χ1) is 6.27. The fourth-order valence-electron chi connectivity index (χ4n) is 1.51. The van der Waals surface area contributed by atoms with E-state index in [4.69, 9.17) is 11.6 Å². The number of benzene rings is 1. The molecule has 1 aliphatic rings. The molecular formula is C10H11ClFN. The van der Waals surface area contributed by atoms with Gasteiger partial charge in [-0.25, -0.2) is 4.39 Å². The topological polar surface area (TPSA) is 12.0 Å². The zero-order chi connectivity index (χ0) is 9.26. The van der Waals surface area contributed by atoms with Crippen molar-refractivity contribution >= 4 is 11.6 Å². The average Bonchev–Trinajstić information content (AvgIpc) is 2.04. The molecule has 0 saturated carbocycles. The Bertz CT molecular complexity index is 310. The Balaban J connectivity index is 2.14. The monoisotopic (exact) mass is 199 g/mol. The highest BCUT2D eigenvalue weighted by Crippen LogP contribution is 2.23. The molecule has 13 heavy (non-hydrogen) atoms. The van der Waals surface area contributed by atoms with Crippen molar-refractivity contribution in [2.75, 3.05) is 13.1 Å². The van der Waals surface area contributed by atoms with Crippen LogP contribution < -0.4 is 5.32 Å². The van der Waals surface area contributed by atoms with Crippen LogP contribution in [0.1, 0.15) is 5.56 Å². The predicted octanol–water partition coefficient (Wildman–Crippen LogP) is 2.24. The van der Waals surface area contributed by atoms with Crippen molar-refractivity contribution in [3.8, 4) is 0 Å². The van der Waals surface area contributed by atoms with E-state index in [0.717, 1.165) is 25.1 Å². The molecule has 0 aromatic heterocycles. The summed E-state index contributed by atoms with van der Waals surface area (Å²) < 4.78 is 13.0. The number of halogens is 2. The lowest BCUT2D eigenvalue weighted by molar-refractivity contribution is 0.346.